The van der Waals surface area contributed by atoms with E-state index < -0.39 is 191 Å². The van der Waals surface area contributed by atoms with Crippen molar-refractivity contribution in [2.24, 2.45) is 41.4 Å². The fourth-order valence-electron chi connectivity index (χ4n) is 14.7. The largest absolute Gasteiger partial charge is 0.480 e. The van der Waals surface area contributed by atoms with Gasteiger partial charge in [-0.25, -0.2) is 13.2 Å². The maximum atomic E-state index is 15.2. The van der Waals surface area contributed by atoms with Gasteiger partial charge in [-0.1, -0.05) is 184 Å². The number of nitrogens with one attached hydrogen (secondary N) is 5. The van der Waals surface area contributed by atoms with Crippen molar-refractivity contribution in [2.75, 3.05) is 67.9 Å². The molecule has 0 saturated heterocycles. The van der Waals surface area contributed by atoms with Gasteiger partial charge in [0.1, 0.15) is 76.4 Å². The number of carboxylic acid groups (broad SMARTS) is 1. The minimum Gasteiger partial charge on any atom is -0.480 e. The number of aliphatic carboxylic acids is 1. The van der Waals surface area contributed by atoms with Gasteiger partial charge in [0.05, 0.1) is 11.8 Å². The highest BCUT2D eigenvalue weighted by Gasteiger charge is 2.51. The van der Waals surface area contributed by atoms with Crippen molar-refractivity contribution >= 4 is 99.5 Å². The lowest BCUT2D eigenvalue weighted by Crippen LogP contribution is -2.66. The second kappa shape index (κ2) is 45.9. The number of allylic oxidation sites excluding steroid dienone is 2. The lowest BCUT2D eigenvalue weighted by molar-refractivity contribution is -0.164. The Balaban J connectivity index is 2.50. The SMILES string of the molecule is C/C=C/C[C@@H](C)[C@@H](OC(C)=O)[C@@H](C(=O)N[C@@H](CC)C(=O)O)N(C)C(=O)[C@H](C(C)C)N(C)C(=O)[C@H](CC(C)C)N(C)C(=O)[C@H](CC(C)C)N(C)C(=O)[C@@H](C)NC(=O)[C@H](C)NC(=O)[C@H](CC(C)C)N(C)C(=O)[C@@H](NC(=O)[C@H]([C@H](C)CS(C)(=O)=O)N(C)C(=O)[C@@H](CCCO[Si](c1ccccc1)(c1ccccc1)C(C)(C)C)NC)C(C)C. The van der Waals surface area contributed by atoms with Crippen LogP contribution in [0.5, 0.6) is 0 Å². The van der Waals surface area contributed by atoms with Crippen LogP contribution in [0.25, 0.3) is 0 Å². The highest BCUT2D eigenvalue weighted by atomic mass is 32.2. The highest BCUT2D eigenvalue weighted by Crippen LogP contribution is 2.37. The van der Waals surface area contributed by atoms with Gasteiger partial charge in [-0.15, -0.1) is 0 Å². The zero-order valence-corrected chi connectivity index (χ0v) is 74.6. The molecule has 0 heterocycles. The number of carbonyl (C=O) groups excluding carboxylic acids is 11. The number of nitrogens with zero attached hydrogens (tertiary/aromatic N) is 6. The van der Waals surface area contributed by atoms with Gasteiger partial charge in [-0.2, -0.15) is 0 Å². The zero-order chi connectivity index (χ0) is 86.8. The number of carbonyl (C=O) groups is 12. The highest BCUT2D eigenvalue weighted by molar-refractivity contribution is 7.90. The fraction of sp³-hybridized carbons (Fsp3) is 0.687. The van der Waals surface area contributed by atoms with Crippen LogP contribution in [0.3, 0.4) is 0 Å². The van der Waals surface area contributed by atoms with Gasteiger partial charge in [0.2, 0.25) is 59.1 Å². The molecule has 0 aliphatic rings. The van der Waals surface area contributed by atoms with Crippen LogP contribution in [0.4, 0.5) is 0 Å². The zero-order valence-electron chi connectivity index (χ0n) is 72.8. The van der Waals surface area contributed by atoms with Crippen LogP contribution in [0.2, 0.25) is 5.04 Å². The molecular formula is C83H139N11O17SSi. The Morgan fingerprint density at radius 3 is 1.39 bits per heavy atom. The third kappa shape index (κ3) is 28.7. The van der Waals surface area contributed by atoms with Crippen LogP contribution in [0.15, 0.2) is 72.8 Å². The fourth-order valence-corrected chi connectivity index (χ4v) is 20.5. The molecule has 28 nitrogen and oxygen atoms in total. The van der Waals surface area contributed by atoms with Crippen molar-refractivity contribution in [1.82, 2.24) is 56.0 Å². The lowest BCUT2D eigenvalue weighted by atomic mass is 9.91. The first-order valence-corrected chi connectivity index (χ1v) is 43.7. The van der Waals surface area contributed by atoms with Crippen LogP contribution < -0.4 is 37.0 Å². The van der Waals surface area contributed by atoms with E-state index in [0.717, 1.165) is 28.5 Å². The van der Waals surface area contributed by atoms with Gasteiger partial charge in [0, 0.05) is 62.1 Å². The molecule has 2 aromatic rings. The summed E-state index contributed by atoms with van der Waals surface area (Å²) in [4.78, 5) is 180. The molecule has 0 bridgehead atoms. The smallest absolute Gasteiger partial charge is 0.326 e. The second-order valence-corrected chi connectivity index (χ2v) is 40.1. The number of likely N-dealkylation sites (N-methyl/N-ethyl adjacent to an activating group) is 7. The minimum atomic E-state index is -3.73. The molecule has 6 N–H and O–H groups in total. The first-order valence-electron chi connectivity index (χ1n) is 39.8. The summed E-state index contributed by atoms with van der Waals surface area (Å²) in [5, 5.41) is 25.7. The summed E-state index contributed by atoms with van der Waals surface area (Å²) in [6.45, 7) is 35.2. The number of hydrogen-bond donors (Lipinski definition) is 6. The Kier molecular flexibility index (Phi) is 41.0. The van der Waals surface area contributed by atoms with Gasteiger partial charge >= 0.3 is 11.9 Å². The summed E-state index contributed by atoms with van der Waals surface area (Å²) >= 11 is 0. The first-order chi connectivity index (χ1) is 52.3. The molecule has 0 spiro atoms. The van der Waals surface area contributed by atoms with Crippen LogP contribution in [0, 0.1) is 41.4 Å². The molecule has 0 fully saturated rings. The lowest BCUT2D eigenvalue weighted by Gasteiger charge is -2.43. The number of rotatable bonds is 46. The van der Waals surface area contributed by atoms with Gasteiger partial charge in [0.25, 0.3) is 8.32 Å². The molecule has 638 valence electrons. The Bertz CT molecular complexity index is 3590. The molecule has 10 amide bonds. The quantitative estimate of drug-likeness (QED) is 0.0191. The molecule has 0 aliphatic carbocycles. The number of ether oxygens (including phenoxy) is 1. The van der Waals surface area contributed by atoms with E-state index in [1.54, 1.807) is 74.6 Å². The molecule has 0 aliphatic heterocycles. The van der Waals surface area contributed by atoms with E-state index in [4.69, 9.17) is 9.16 Å². The summed E-state index contributed by atoms with van der Waals surface area (Å²) < 4.78 is 38.8. The average molecular weight is 1620 g/mol. The minimum absolute atomic E-state index is 0.0104. The predicted octanol–water partition coefficient (Wildman–Crippen LogP) is 6.03. The van der Waals surface area contributed by atoms with Gasteiger partial charge in [-0.3, -0.25) is 52.7 Å². The molecule has 2 rings (SSSR count). The van der Waals surface area contributed by atoms with E-state index in [9.17, 15) is 56.7 Å². The summed E-state index contributed by atoms with van der Waals surface area (Å²) in [6.07, 6.45) is 4.61. The first kappa shape index (κ1) is 101. The summed E-state index contributed by atoms with van der Waals surface area (Å²) in [6, 6.07) is 6.22. The van der Waals surface area contributed by atoms with Gasteiger partial charge < -0.3 is 70.3 Å². The Morgan fingerprint density at radius 2 is 0.965 bits per heavy atom. The molecule has 30 heteroatoms. The molecule has 2 aromatic carbocycles. The topological polar surface area (TPSA) is 357 Å². The molecule has 0 saturated carbocycles. The Morgan fingerprint density at radius 1 is 0.522 bits per heavy atom. The second-order valence-electron chi connectivity index (χ2n) is 33.6. The molecule has 0 unspecified atom stereocenters. The van der Waals surface area contributed by atoms with Crippen molar-refractivity contribution in [1.29, 1.82) is 0 Å². The van der Waals surface area contributed by atoms with Gasteiger partial charge in [-0.05, 0) is 130 Å². The van der Waals surface area contributed by atoms with Crippen LogP contribution in [0.1, 0.15) is 183 Å². The summed E-state index contributed by atoms with van der Waals surface area (Å²) in [5.41, 5.74) is 0. The van der Waals surface area contributed by atoms with Gasteiger partial charge in [0.15, 0.2) is 0 Å². The third-order valence-corrected chi connectivity index (χ3v) is 27.1. The van der Waals surface area contributed by atoms with Crippen LogP contribution >= 0.6 is 0 Å². The molecule has 14 atom stereocenters. The predicted molar refractivity (Wildman–Crippen MR) is 443 cm³/mol. The molecule has 0 radical (unpaired) electrons. The van der Waals surface area contributed by atoms with Crippen molar-refractivity contribution in [3.05, 3.63) is 72.8 Å². The molecule has 113 heavy (non-hydrogen) atoms. The monoisotopic (exact) mass is 1620 g/mol. The standard InChI is InChI=1S/C83H139N11O17SSi/c1-29-31-39-55(13)71(111-59(17)95)70(75(99)87-62(30-2)82(106)107)94(27)81(105)68(54(11)12)92(25)79(103)66(48-52(7)8)91(24)78(102)65(47-51(5)6)90(23)76(100)58(16)86-72(96)57(15)85-73(97)64(46-50(3)4)89(22)80(104)67(53(9)10)88-74(98)69(56(14)49-112(28,108)109)93(26)77(101)63(84-21)44-38-45-110-113(83(18,19)20,60-40-34-32-35-41-60)61-42-36-33-37-43-61/h29,31-37,40-43,50-58,62-71,84H,30,38-39,44-49H2,1-28H3,(H,85,97)(H,86,96)(H,87,99)(H,88,98)(H,106,107)/b31-29+/t55-,56-,57+,58-,62+,63-,64+,65+,66+,67+,68+,69+,70+,71-/m1/s1. The summed E-state index contributed by atoms with van der Waals surface area (Å²) in [7, 11) is 3.35. The van der Waals surface area contributed by atoms with Crippen molar-refractivity contribution in [3.8, 4) is 0 Å². The van der Waals surface area contributed by atoms with E-state index in [2.05, 4.69) is 71.6 Å². The molecular weight excluding hydrogens is 1480 g/mol. The number of benzene rings is 2. The number of amides is 10. The summed E-state index contributed by atoms with van der Waals surface area (Å²) in [5.74, 6) is -13.2. The van der Waals surface area contributed by atoms with Crippen LogP contribution in [-0.2, 0) is 76.5 Å². The maximum Gasteiger partial charge on any atom is 0.326 e. The molecule has 0 aromatic heterocycles. The van der Waals surface area contributed by atoms with E-state index in [0.29, 0.717) is 19.4 Å². The number of sulfone groups is 1. The average Bonchev–Trinajstić information content (AvgIpc) is 0.747. The van der Waals surface area contributed by atoms with Crippen molar-refractivity contribution in [3.63, 3.8) is 0 Å². The Hall–Kier alpha value is -8.09. The number of hydrogen-bond acceptors (Lipinski definition) is 17. The van der Waals surface area contributed by atoms with Crippen molar-refractivity contribution < 1.29 is 80.2 Å². The van der Waals surface area contributed by atoms with E-state index in [1.165, 1.54) is 80.6 Å². The number of carboxylic acids is 1. The number of esters is 1. The normalized spacial score (nSPS) is 15.9. The van der Waals surface area contributed by atoms with E-state index >= 15 is 14.4 Å². The van der Waals surface area contributed by atoms with Crippen molar-refractivity contribution in [2.45, 2.75) is 261 Å². The third-order valence-electron chi connectivity index (χ3n) is 20.9. The maximum absolute atomic E-state index is 15.2. The Labute approximate surface area is 675 Å². The van der Waals surface area contributed by atoms with E-state index in [1.807, 2.05) is 77.9 Å². The van der Waals surface area contributed by atoms with Crippen LogP contribution in [-0.4, -0.2) is 263 Å². The van der Waals surface area contributed by atoms with E-state index in [-0.39, 0.29) is 54.9 Å².